The van der Waals surface area contributed by atoms with Crippen LogP contribution in [0, 0.1) is 5.92 Å². The second-order valence-corrected chi connectivity index (χ2v) is 9.12. The molecule has 2 fully saturated rings. The predicted octanol–water partition coefficient (Wildman–Crippen LogP) is 3.81. The highest BCUT2D eigenvalue weighted by Gasteiger charge is 2.34. The number of nitrogen functional groups attached to an aromatic ring is 1. The van der Waals surface area contributed by atoms with Gasteiger partial charge in [0.2, 0.25) is 5.91 Å². The van der Waals surface area contributed by atoms with Crippen molar-refractivity contribution in [3.8, 4) is 0 Å². The van der Waals surface area contributed by atoms with E-state index in [1.54, 1.807) is 48.5 Å². The van der Waals surface area contributed by atoms with E-state index in [9.17, 15) is 14.4 Å². The Labute approximate surface area is 204 Å². The number of ketones is 1. The number of nitrogens with zero attached hydrogens (tertiary/aromatic N) is 2. The number of benzene rings is 3. The zero-order chi connectivity index (χ0) is 24.4. The van der Waals surface area contributed by atoms with Crippen LogP contribution in [0.15, 0.2) is 72.8 Å². The molecule has 3 aromatic rings. The second-order valence-electron chi connectivity index (χ2n) is 9.12. The van der Waals surface area contributed by atoms with Crippen LogP contribution in [0.2, 0.25) is 0 Å². The standard InChI is InChI=1S/C28H28N4O3/c29-23-9-3-19(4-10-23)26(33)20-5-11-24(12-6-20)30-27(34)21-7-13-25(14-8-21)31-15-17-32(18-16-31)28(35)22-1-2-22/h3-14,22H,1-2,15-18,29H2,(H,30,34). The Morgan fingerprint density at radius 3 is 1.83 bits per heavy atom. The highest BCUT2D eigenvalue weighted by Crippen LogP contribution is 2.31. The van der Waals surface area contributed by atoms with Gasteiger partial charge in [-0.05, 0) is 85.6 Å². The zero-order valence-electron chi connectivity index (χ0n) is 19.4. The Bertz CT molecular complexity index is 1220. The van der Waals surface area contributed by atoms with E-state index in [0.29, 0.717) is 34.0 Å². The van der Waals surface area contributed by atoms with Crippen LogP contribution in [0.1, 0.15) is 39.1 Å². The first-order valence-electron chi connectivity index (χ1n) is 11.9. The van der Waals surface area contributed by atoms with Gasteiger partial charge in [-0.2, -0.15) is 0 Å². The summed E-state index contributed by atoms with van der Waals surface area (Å²) in [6.45, 7) is 3.08. The number of piperazine rings is 1. The molecule has 1 saturated carbocycles. The first-order valence-corrected chi connectivity index (χ1v) is 11.9. The van der Waals surface area contributed by atoms with Gasteiger partial charge in [-0.15, -0.1) is 0 Å². The molecule has 2 amide bonds. The maximum atomic E-state index is 12.7. The molecule has 0 radical (unpaired) electrons. The highest BCUT2D eigenvalue weighted by molar-refractivity contribution is 6.09. The van der Waals surface area contributed by atoms with Gasteiger partial charge in [-0.25, -0.2) is 0 Å². The van der Waals surface area contributed by atoms with Crippen molar-refractivity contribution in [3.63, 3.8) is 0 Å². The van der Waals surface area contributed by atoms with E-state index in [-0.39, 0.29) is 17.6 Å². The summed E-state index contributed by atoms with van der Waals surface area (Å²) in [6, 6.07) is 21.1. The van der Waals surface area contributed by atoms with Crippen LogP contribution in [0.4, 0.5) is 17.1 Å². The van der Waals surface area contributed by atoms with Crippen molar-refractivity contribution >= 4 is 34.7 Å². The van der Waals surface area contributed by atoms with E-state index in [0.717, 1.165) is 44.7 Å². The molecule has 1 aliphatic carbocycles. The van der Waals surface area contributed by atoms with Crippen molar-refractivity contribution in [2.24, 2.45) is 5.92 Å². The van der Waals surface area contributed by atoms with Crippen LogP contribution in [0.3, 0.4) is 0 Å². The van der Waals surface area contributed by atoms with Crippen LogP contribution in [-0.2, 0) is 4.79 Å². The molecule has 0 spiro atoms. The van der Waals surface area contributed by atoms with Gasteiger partial charge in [-0.1, -0.05) is 0 Å². The molecule has 7 heteroatoms. The largest absolute Gasteiger partial charge is 0.399 e. The van der Waals surface area contributed by atoms with Crippen molar-refractivity contribution in [3.05, 3.63) is 89.5 Å². The Kier molecular flexibility index (Phi) is 6.23. The summed E-state index contributed by atoms with van der Waals surface area (Å²) in [4.78, 5) is 41.8. The predicted molar refractivity (Wildman–Crippen MR) is 137 cm³/mol. The number of hydrogen-bond acceptors (Lipinski definition) is 5. The minimum Gasteiger partial charge on any atom is -0.399 e. The fourth-order valence-electron chi connectivity index (χ4n) is 4.31. The molecule has 0 aromatic heterocycles. The van der Waals surface area contributed by atoms with Crippen LogP contribution >= 0.6 is 0 Å². The third-order valence-electron chi connectivity index (χ3n) is 6.59. The molecule has 1 saturated heterocycles. The van der Waals surface area contributed by atoms with Crippen molar-refractivity contribution in [1.82, 2.24) is 4.90 Å². The Balaban J connectivity index is 1.16. The lowest BCUT2D eigenvalue weighted by molar-refractivity contribution is -0.132. The average Bonchev–Trinajstić information content (AvgIpc) is 3.75. The highest BCUT2D eigenvalue weighted by atomic mass is 16.2. The molecule has 35 heavy (non-hydrogen) atoms. The van der Waals surface area contributed by atoms with Crippen LogP contribution in [0.25, 0.3) is 0 Å². The SMILES string of the molecule is Nc1ccc(C(=O)c2ccc(NC(=O)c3ccc(N4CCN(C(=O)C5CC5)CC4)cc3)cc2)cc1. The molecule has 2 aliphatic rings. The molecule has 3 aromatic carbocycles. The fraction of sp³-hybridized carbons (Fsp3) is 0.250. The van der Waals surface area contributed by atoms with E-state index in [1.165, 1.54) is 0 Å². The first-order chi connectivity index (χ1) is 17.0. The Morgan fingerprint density at radius 1 is 0.714 bits per heavy atom. The molecular formula is C28H28N4O3. The molecule has 0 unspecified atom stereocenters. The number of nitrogens with one attached hydrogen (secondary N) is 1. The minimum atomic E-state index is -0.214. The van der Waals surface area contributed by atoms with Crippen molar-refractivity contribution in [2.45, 2.75) is 12.8 Å². The lowest BCUT2D eigenvalue weighted by Gasteiger charge is -2.36. The Hall–Kier alpha value is -4.13. The van der Waals surface area contributed by atoms with Crippen molar-refractivity contribution in [1.29, 1.82) is 0 Å². The summed E-state index contributed by atoms with van der Waals surface area (Å²) in [5, 5.41) is 2.88. The average molecular weight is 469 g/mol. The van der Waals surface area contributed by atoms with Gasteiger partial charge >= 0.3 is 0 Å². The monoisotopic (exact) mass is 468 g/mol. The summed E-state index contributed by atoms with van der Waals surface area (Å²) >= 11 is 0. The first kappa shape index (κ1) is 22.7. The Morgan fingerprint density at radius 2 is 1.26 bits per heavy atom. The number of anilines is 3. The molecule has 1 aliphatic heterocycles. The van der Waals surface area contributed by atoms with Gasteiger partial charge in [0.15, 0.2) is 5.78 Å². The summed E-state index contributed by atoms with van der Waals surface area (Å²) in [5.74, 6) is 0.254. The lowest BCUT2D eigenvalue weighted by atomic mass is 10.0. The smallest absolute Gasteiger partial charge is 0.255 e. The van der Waals surface area contributed by atoms with Gasteiger partial charge in [0.1, 0.15) is 0 Å². The lowest BCUT2D eigenvalue weighted by Crippen LogP contribution is -2.49. The van der Waals surface area contributed by atoms with Crippen molar-refractivity contribution < 1.29 is 14.4 Å². The quantitative estimate of drug-likeness (QED) is 0.424. The van der Waals surface area contributed by atoms with E-state index in [4.69, 9.17) is 5.73 Å². The number of nitrogens with two attached hydrogens (primary N) is 1. The molecule has 0 bridgehead atoms. The van der Waals surface area contributed by atoms with E-state index >= 15 is 0 Å². The number of carbonyl (C=O) groups excluding carboxylic acids is 3. The molecule has 178 valence electrons. The van der Waals surface area contributed by atoms with Gasteiger partial charge in [0, 0.05) is 65.8 Å². The molecular weight excluding hydrogens is 440 g/mol. The summed E-state index contributed by atoms with van der Waals surface area (Å²) < 4.78 is 0. The van der Waals surface area contributed by atoms with Crippen LogP contribution in [-0.4, -0.2) is 48.7 Å². The summed E-state index contributed by atoms with van der Waals surface area (Å²) in [7, 11) is 0. The summed E-state index contributed by atoms with van der Waals surface area (Å²) in [5.41, 5.74) is 9.61. The maximum Gasteiger partial charge on any atom is 0.255 e. The van der Waals surface area contributed by atoms with Crippen LogP contribution < -0.4 is 16.0 Å². The minimum absolute atomic E-state index is 0.101. The maximum absolute atomic E-state index is 12.7. The topological polar surface area (TPSA) is 95.7 Å². The normalized spacial score (nSPS) is 15.5. The number of hydrogen-bond donors (Lipinski definition) is 2. The third kappa shape index (κ3) is 5.19. The molecule has 5 rings (SSSR count). The molecule has 7 nitrogen and oxygen atoms in total. The number of amides is 2. The fourth-order valence-corrected chi connectivity index (χ4v) is 4.31. The molecule has 0 atom stereocenters. The molecule has 3 N–H and O–H groups in total. The van der Waals surface area contributed by atoms with Gasteiger partial charge in [0.05, 0.1) is 0 Å². The van der Waals surface area contributed by atoms with Gasteiger partial charge < -0.3 is 20.9 Å². The van der Waals surface area contributed by atoms with Crippen LogP contribution in [0.5, 0.6) is 0 Å². The van der Waals surface area contributed by atoms with Gasteiger partial charge in [-0.3, -0.25) is 14.4 Å². The zero-order valence-corrected chi connectivity index (χ0v) is 19.4. The molecule has 1 heterocycles. The van der Waals surface area contributed by atoms with E-state index in [2.05, 4.69) is 10.2 Å². The summed E-state index contributed by atoms with van der Waals surface area (Å²) in [6.07, 6.45) is 2.07. The number of rotatable bonds is 6. The second kappa shape index (κ2) is 9.62. The van der Waals surface area contributed by atoms with Gasteiger partial charge in [0.25, 0.3) is 5.91 Å². The van der Waals surface area contributed by atoms with E-state index in [1.807, 2.05) is 29.2 Å². The van der Waals surface area contributed by atoms with E-state index < -0.39 is 0 Å². The third-order valence-corrected chi connectivity index (χ3v) is 6.59. The number of carbonyl (C=O) groups is 3. The van der Waals surface area contributed by atoms with Crippen molar-refractivity contribution in [2.75, 3.05) is 42.1 Å².